The summed E-state index contributed by atoms with van der Waals surface area (Å²) in [7, 11) is -3.15. The van der Waals surface area contributed by atoms with Crippen LogP contribution in [0.3, 0.4) is 0 Å². The van der Waals surface area contributed by atoms with Gasteiger partial charge in [0.1, 0.15) is 5.82 Å². The third-order valence-electron chi connectivity index (χ3n) is 3.58. The van der Waals surface area contributed by atoms with Crippen LogP contribution < -0.4 is 10.6 Å². The van der Waals surface area contributed by atoms with Crippen molar-refractivity contribution >= 4 is 21.4 Å². The first-order chi connectivity index (χ1) is 9.94. The fraction of sp³-hybridized carbons (Fsp3) is 0.500. The van der Waals surface area contributed by atoms with E-state index in [4.69, 9.17) is 5.73 Å². The Morgan fingerprint density at radius 3 is 2.67 bits per heavy atom. The van der Waals surface area contributed by atoms with Gasteiger partial charge in [-0.05, 0) is 31.5 Å². The van der Waals surface area contributed by atoms with Crippen molar-refractivity contribution in [3.05, 3.63) is 30.1 Å². The highest BCUT2D eigenvalue weighted by atomic mass is 32.2. The average Bonchev–Trinajstić information content (AvgIpc) is 2.81. The van der Waals surface area contributed by atoms with E-state index in [2.05, 4.69) is 0 Å². The average molecular weight is 314 g/mol. The normalized spacial score (nSPS) is 20.4. The first-order valence-corrected chi connectivity index (χ1v) is 8.73. The Hall–Kier alpha value is -1.47. The third kappa shape index (κ3) is 3.79. The minimum absolute atomic E-state index is 0.0193. The molecule has 2 rings (SSSR count). The van der Waals surface area contributed by atoms with Gasteiger partial charge in [0.15, 0.2) is 9.84 Å². The van der Waals surface area contributed by atoms with Gasteiger partial charge in [0.2, 0.25) is 5.91 Å². The largest absolute Gasteiger partial charge is 0.330 e. The van der Waals surface area contributed by atoms with Crippen molar-refractivity contribution in [2.24, 2.45) is 11.7 Å². The van der Waals surface area contributed by atoms with Crippen LogP contribution in [0.2, 0.25) is 0 Å². The van der Waals surface area contributed by atoms with Crippen LogP contribution in [0.4, 0.5) is 10.1 Å². The maximum Gasteiger partial charge on any atom is 0.231 e. The number of para-hydroxylation sites is 1. The second-order valence-corrected chi connectivity index (χ2v) is 7.41. The van der Waals surface area contributed by atoms with E-state index in [0.29, 0.717) is 19.4 Å². The Morgan fingerprint density at radius 2 is 2.10 bits per heavy atom. The number of anilines is 1. The number of hydrogen-bond acceptors (Lipinski definition) is 4. The van der Waals surface area contributed by atoms with Gasteiger partial charge in [-0.3, -0.25) is 4.79 Å². The highest BCUT2D eigenvalue weighted by Crippen LogP contribution is 2.26. The lowest BCUT2D eigenvalue weighted by Crippen LogP contribution is -2.38. The molecule has 1 atom stereocenters. The van der Waals surface area contributed by atoms with Crippen molar-refractivity contribution < 1.29 is 17.6 Å². The quantitative estimate of drug-likeness (QED) is 0.877. The van der Waals surface area contributed by atoms with Crippen LogP contribution in [0, 0.1) is 11.7 Å². The van der Waals surface area contributed by atoms with Gasteiger partial charge in [-0.15, -0.1) is 0 Å². The summed E-state index contributed by atoms with van der Waals surface area (Å²) >= 11 is 0. The van der Waals surface area contributed by atoms with Gasteiger partial charge >= 0.3 is 0 Å². The number of rotatable bonds is 5. The van der Waals surface area contributed by atoms with Crippen LogP contribution in [-0.2, 0) is 14.6 Å². The predicted octanol–water partition coefficient (Wildman–Crippen LogP) is 0.942. The third-order valence-corrected chi connectivity index (χ3v) is 5.34. The summed E-state index contributed by atoms with van der Waals surface area (Å²) in [5, 5.41) is 0. The smallest absolute Gasteiger partial charge is 0.231 e. The Morgan fingerprint density at radius 1 is 1.38 bits per heavy atom. The zero-order valence-corrected chi connectivity index (χ0v) is 12.5. The van der Waals surface area contributed by atoms with E-state index < -0.39 is 21.6 Å². The van der Waals surface area contributed by atoms with Crippen LogP contribution in [0.15, 0.2) is 24.3 Å². The molecule has 1 heterocycles. The molecular weight excluding hydrogens is 295 g/mol. The lowest BCUT2D eigenvalue weighted by Gasteiger charge is -2.25. The van der Waals surface area contributed by atoms with Gasteiger partial charge in [-0.25, -0.2) is 12.8 Å². The Kier molecular flexibility index (Phi) is 4.95. The number of amides is 1. The van der Waals surface area contributed by atoms with Crippen molar-refractivity contribution in [1.82, 2.24) is 0 Å². The van der Waals surface area contributed by atoms with Gasteiger partial charge in [0.25, 0.3) is 0 Å². The molecule has 1 amide bonds. The number of hydrogen-bond donors (Lipinski definition) is 1. The van der Waals surface area contributed by atoms with Crippen molar-refractivity contribution in [3.63, 3.8) is 0 Å². The van der Waals surface area contributed by atoms with Crippen LogP contribution in [0.1, 0.15) is 12.8 Å². The molecule has 0 bridgehead atoms. The summed E-state index contributed by atoms with van der Waals surface area (Å²) in [5.74, 6) is -1.56. The molecule has 1 aliphatic rings. The van der Waals surface area contributed by atoms with Crippen molar-refractivity contribution in [2.45, 2.75) is 12.8 Å². The SMILES string of the molecule is NCCCN(C(=O)C1CCS(=O)(=O)C1)c1ccccc1F. The van der Waals surface area contributed by atoms with E-state index >= 15 is 0 Å². The monoisotopic (exact) mass is 314 g/mol. The van der Waals surface area contributed by atoms with Gasteiger partial charge in [-0.1, -0.05) is 12.1 Å². The van der Waals surface area contributed by atoms with Crippen molar-refractivity contribution in [1.29, 1.82) is 0 Å². The van der Waals surface area contributed by atoms with Gasteiger partial charge in [-0.2, -0.15) is 0 Å². The van der Waals surface area contributed by atoms with E-state index in [-0.39, 0.29) is 29.6 Å². The van der Waals surface area contributed by atoms with E-state index in [1.807, 2.05) is 0 Å². The second-order valence-electron chi connectivity index (χ2n) is 5.18. The molecule has 0 aliphatic carbocycles. The van der Waals surface area contributed by atoms with E-state index in [1.54, 1.807) is 12.1 Å². The molecule has 1 aliphatic heterocycles. The van der Waals surface area contributed by atoms with Gasteiger partial charge in [0, 0.05) is 6.54 Å². The summed E-state index contributed by atoms with van der Waals surface area (Å²) in [6.45, 7) is 0.661. The molecule has 2 N–H and O–H groups in total. The zero-order valence-electron chi connectivity index (χ0n) is 11.7. The summed E-state index contributed by atoms with van der Waals surface area (Å²) in [4.78, 5) is 13.9. The molecule has 1 aromatic rings. The van der Waals surface area contributed by atoms with E-state index in [1.165, 1.54) is 17.0 Å². The maximum atomic E-state index is 13.9. The minimum Gasteiger partial charge on any atom is -0.330 e. The summed E-state index contributed by atoms with van der Waals surface area (Å²) in [6.07, 6.45) is 0.828. The minimum atomic E-state index is -3.15. The number of benzene rings is 1. The Bertz CT molecular complexity index is 618. The molecule has 0 spiro atoms. The number of sulfone groups is 1. The first-order valence-electron chi connectivity index (χ1n) is 6.91. The molecule has 1 fully saturated rings. The number of carbonyl (C=O) groups is 1. The summed E-state index contributed by atoms with van der Waals surface area (Å²) < 4.78 is 37.0. The highest BCUT2D eigenvalue weighted by Gasteiger charge is 2.36. The number of halogens is 1. The first kappa shape index (κ1) is 15.9. The van der Waals surface area contributed by atoms with E-state index in [0.717, 1.165) is 0 Å². The highest BCUT2D eigenvalue weighted by molar-refractivity contribution is 7.91. The molecular formula is C14H19FN2O3S. The van der Waals surface area contributed by atoms with Crippen LogP contribution in [0.5, 0.6) is 0 Å². The lowest BCUT2D eigenvalue weighted by molar-refractivity contribution is -0.121. The zero-order chi connectivity index (χ0) is 15.5. The van der Waals surface area contributed by atoms with E-state index in [9.17, 15) is 17.6 Å². The molecule has 1 aromatic carbocycles. The molecule has 7 heteroatoms. The summed E-state index contributed by atoms with van der Waals surface area (Å²) in [6, 6.07) is 5.99. The van der Waals surface area contributed by atoms with Crippen molar-refractivity contribution in [2.75, 3.05) is 29.5 Å². The number of carbonyl (C=O) groups excluding carboxylic acids is 1. The molecule has 21 heavy (non-hydrogen) atoms. The molecule has 0 saturated carbocycles. The Balaban J connectivity index is 2.24. The fourth-order valence-corrected chi connectivity index (χ4v) is 4.21. The maximum absolute atomic E-state index is 13.9. The van der Waals surface area contributed by atoms with Crippen LogP contribution >= 0.6 is 0 Å². The molecule has 1 unspecified atom stereocenters. The molecule has 0 radical (unpaired) electrons. The van der Waals surface area contributed by atoms with Crippen LogP contribution in [-0.4, -0.2) is 38.9 Å². The standard InChI is InChI=1S/C14H19FN2O3S/c15-12-4-1-2-5-13(12)17(8-3-7-16)14(18)11-6-9-21(19,20)10-11/h1-2,4-5,11H,3,6-10,16H2. The molecule has 1 saturated heterocycles. The second kappa shape index (κ2) is 6.53. The van der Waals surface area contributed by atoms with Gasteiger partial charge < -0.3 is 10.6 Å². The topological polar surface area (TPSA) is 80.5 Å². The van der Waals surface area contributed by atoms with Crippen molar-refractivity contribution in [3.8, 4) is 0 Å². The molecule has 5 nitrogen and oxygen atoms in total. The van der Waals surface area contributed by atoms with Crippen LogP contribution in [0.25, 0.3) is 0 Å². The Labute approximate surface area is 123 Å². The number of nitrogens with two attached hydrogens (primary N) is 1. The fourth-order valence-electron chi connectivity index (χ4n) is 2.48. The molecule has 116 valence electrons. The predicted molar refractivity (Wildman–Crippen MR) is 79.2 cm³/mol. The van der Waals surface area contributed by atoms with Gasteiger partial charge in [0.05, 0.1) is 23.1 Å². The number of nitrogens with zero attached hydrogens (tertiary/aromatic N) is 1. The lowest BCUT2D eigenvalue weighted by atomic mass is 10.1. The summed E-state index contributed by atoms with van der Waals surface area (Å²) in [5.41, 5.74) is 5.64. The molecule has 0 aromatic heterocycles.